The second-order valence-electron chi connectivity index (χ2n) is 6.78. The molecule has 0 fully saturated rings. The van der Waals surface area contributed by atoms with Crippen molar-refractivity contribution in [2.45, 2.75) is 37.1 Å². The number of nitrogens with zero attached hydrogens (tertiary/aromatic N) is 3. The molecule has 5 nitrogen and oxygen atoms in total. The maximum Gasteiger partial charge on any atom is 0.261 e. The van der Waals surface area contributed by atoms with Gasteiger partial charge < -0.3 is 0 Å². The SMILES string of the molecule is N#Cc1cc2c(nc1SCCCN1C(=O)c3ccccc3C1=O)CCCC2. The summed E-state index contributed by atoms with van der Waals surface area (Å²) >= 11 is 1.53. The molecule has 0 saturated heterocycles. The van der Waals surface area contributed by atoms with E-state index in [0.29, 0.717) is 35.4 Å². The molecule has 0 spiro atoms. The van der Waals surface area contributed by atoms with Crippen LogP contribution in [0.1, 0.15) is 56.8 Å². The number of imide groups is 1. The van der Waals surface area contributed by atoms with Crippen molar-refractivity contribution < 1.29 is 9.59 Å². The summed E-state index contributed by atoms with van der Waals surface area (Å²) in [6, 6.07) is 11.2. The van der Waals surface area contributed by atoms with Gasteiger partial charge in [0.15, 0.2) is 0 Å². The van der Waals surface area contributed by atoms with Crippen molar-refractivity contribution in [1.29, 1.82) is 5.26 Å². The van der Waals surface area contributed by atoms with Crippen LogP contribution in [0, 0.1) is 11.3 Å². The van der Waals surface area contributed by atoms with Gasteiger partial charge in [-0.1, -0.05) is 12.1 Å². The second kappa shape index (κ2) is 7.53. The lowest BCUT2D eigenvalue weighted by Gasteiger charge is -2.17. The summed E-state index contributed by atoms with van der Waals surface area (Å²) in [6.07, 6.45) is 4.95. The van der Waals surface area contributed by atoms with E-state index in [2.05, 4.69) is 6.07 Å². The molecular formula is C21H19N3O2S. The van der Waals surface area contributed by atoms with Crippen LogP contribution in [0.2, 0.25) is 0 Å². The van der Waals surface area contributed by atoms with Crippen molar-refractivity contribution in [3.63, 3.8) is 0 Å². The van der Waals surface area contributed by atoms with Crippen LogP contribution in [0.15, 0.2) is 35.4 Å². The Hall–Kier alpha value is -2.65. The molecule has 1 aromatic heterocycles. The molecule has 0 N–H and O–H groups in total. The fraction of sp³-hybridized carbons (Fsp3) is 0.333. The first-order chi connectivity index (χ1) is 13.2. The van der Waals surface area contributed by atoms with Crippen molar-refractivity contribution >= 4 is 23.6 Å². The first-order valence-corrected chi connectivity index (χ1v) is 10.2. The molecule has 1 aromatic carbocycles. The maximum atomic E-state index is 12.4. The molecular weight excluding hydrogens is 358 g/mol. The number of pyridine rings is 1. The Kier molecular flexibility index (Phi) is 4.95. The van der Waals surface area contributed by atoms with Crippen LogP contribution in [0.4, 0.5) is 0 Å². The molecule has 136 valence electrons. The van der Waals surface area contributed by atoms with Crippen LogP contribution < -0.4 is 0 Å². The highest BCUT2D eigenvalue weighted by atomic mass is 32.2. The topological polar surface area (TPSA) is 74.1 Å². The Morgan fingerprint density at radius 1 is 1.11 bits per heavy atom. The number of amides is 2. The van der Waals surface area contributed by atoms with Gasteiger partial charge in [-0.3, -0.25) is 14.5 Å². The minimum atomic E-state index is -0.217. The largest absolute Gasteiger partial charge is 0.274 e. The summed E-state index contributed by atoms with van der Waals surface area (Å²) in [7, 11) is 0. The van der Waals surface area contributed by atoms with E-state index in [1.807, 2.05) is 6.07 Å². The number of carbonyl (C=O) groups is 2. The molecule has 6 heteroatoms. The zero-order chi connectivity index (χ0) is 18.8. The van der Waals surface area contributed by atoms with E-state index in [9.17, 15) is 14.9 Å². The summed E-state index contributed by atoms with van der Waals surface area (Å²) in [5.74, 6) is 0.267. The van der Waals surface area contributed by atoms with E-state index >= 15 is 0 Å². The number of aryl methyl sites for hydroxylation is 2. The minimum absolute atomic E-state index is 0.217. The predicted octanol–water partition coefficient (Wildman–Crippen LogP) is 3.61. The standard InChI is InChI=1S/C21H19N3O2S/c22-13-15-12-14-6-1-4-9-18(14)23-19(15)27-11-5-10-24-20(25)16-7-2-3-8-17(16)21(24)26/h2-3,7-8,12H,1,4-6,9-11H2. The smallest absolute Gasteiger partial charge is 0.261 e. The molecule has 2 amide bonds. The summed E-state index contributed by atoms with van der Waals surface area (Å²) in [4.78, 5) is 30.8. The fourth-order valence-electron chi connectivity index (χ4n) is 3.64. The van der Waals surface area contributed by atoms with Crippen LogP contribution in [0.3, 0.4) is 0 Å². The van der Waals surface area contributed by atoms with Gasteiger partial charge in [-0.15, -0.1) is 11.8 Å². The fourth-order valence-corrected chi connectivity index (χ4v) is 4.54. The third-order valence-corrected chi connectivity index (χ3v) is 6.11. The van der Waals surface area contributed by atoms with Crippen molar-refractivity contribution in [2.75, 3.05) is 12.3 Å². The maximum absolute atomic E-state index is 12.4. The lowest BCUT2D eigenvalue weighted by atomic mass is 9.95. The molecule has 27 heavy (non-hydrogen) atoms. The van der Waals surface area contributed by atoms with Crippen LogP contribution in [-0.2, 0) is 12.8 Å². The predicted molar refractivity (Wildman–Crippen MR) is 103 cm³/mol. The van der Waals surface area contributed by atoms with Crippen molar-refractivity contribution in [3.05, 3.63) is 58.3 Å². The number of benzene rings is 1. The van der Waals surface area contributed by atoms with Crippen molar-refractivity contribution in [2.24, 2.45) is 0 Å². The highest BCUT2D eigenvalue weighted by Gasteiger charge is 2.34. The highest BCUT2D eigenvalue weighted by Crippen LogP contribution is 2.28. The molecule has 0 atom stereocenters. The Balaban J connectivity index is 1.38. The quantitative estimate of drug-likeness (QED) is 0.452. The molecule has 2 aliphatic rings. The Morgan fingerprint density at radius 3 is 2.52 bits per heavy atom. The van der Waals surface area contributed by atoms with Gasteiger partial charge in [-0.05, 0) is 55.9 Å². The molecule has 0 saturated carbocycles. The number of carbonyl (C=O) groups excluding carboxylic acids is 2. The first-order valence-electron chi connectivity index (χ1n) is 9.20. The third-order valence-electron chi connectivity index (χ3n) is 5.03. The number of rotatable bonds is 5. The number of fused-ring (bicyclic) bond motifs is 2. The summed E-state index contributed by atoms with van der Waals surface area (Å²) < 4.78 is 0. The summed E-state index contributed by atoms with van der Waals surface area (Å²) in [5.41, 5.74) is 3.91. The zero-order valence-electron chi connectivity index (χ0n) is 14.9. The van der Waals surface area contributed by atoms with E-state index in [-0.39, 0.29) is 11.8 Å². The van der Waals surface area contributed by atoms with E-state index in [1.165, 1.54) is 22.2 Å². The van der Waals surface area contributed by atoms with Gasteiger partial charge >= 0.3 is 0 Å². The van der Waals surface area contributed by atoms with Gasteiger partial charge in [0, 0.05) is 18.0 Å². The highest BCUT2D eigenvalue weighted by molar-refractivity contribution is 7.99. The van der Waals surface area contributed by atoms with Gasteiger partial charge in [0.1, 0.15) is 11.1 Å². The van der Waals surface area contributed by atoms with E-state index in [4.69, 9.17) is 4.98 Å². The Labute approximate surface area is 162 Å². The molecule has 4 rings (SSSR count). The van der Waals surface area contributed by atoms with Gasteiger partial charge in [-0.25, -0.2) is 4.98 Å². The van der Waals surface area contributed by atoms with Crippen molar-refractivity contribution in [3.8, 4) is 6.07 Å². The average Bonchev–Trinajstić information content (AvgIpc) is 2.95. The number of aromatic nitrogens is 1. The lowest BCUT2D eigenvalue weighted by Crippen LogP contribution is -2.31. The molecule has 0 bridgehead atoms. The molecule has 0 unspecified atom stereocenters. The number of nitriles is 1. The van der Waals surface area contributed by atoms with Crippen LogP contribution >= 0.6 is 11.8 Å². The van der Waals surface area contributed by atoms with E-state index in [1.54, 1.807) is 24.3 Å². The number of hydrogen-bond donors (Lipinski definition) is 0. The molecule has 2 aromatic rings. The molecule has 1 aliphatic heterocycles. The van der Waals surface area contributed by atoms with Gasteiger partial charge in [0.25, 0.3) is 11.8 Å². The lowest BCUT2D eigenvalue weighted by molar-refractivity contribution is 0.0655. The normalized spacial score (nSPS) is 15.4. The zero-order valence-corrected chi connectivity index (χ0v) is 15.7. The van der Waals surface area contributed by atoms with Crippen LogP contribution in [-0.4, -0.2) is 34.0 Å². The van der Waals surface area contributed by atoms with Crippen LogP contribution in [0.25, 0.3) is 0 Å². The molecule has 0 radical (unpaired) electrons. The third kappa shape index (κ3) is 3.35. The molecule has 2 heterocycles. The molecule has 1 aliphatic carbocycles. The number of hydrogen-bond acceptors (Lipinski definition) is 5. The Morgan fingerprint density at radius 2 is 1.81 bits per heavy atom. The monoisotopic (exact) mass is 377 g/mol. The summed E-state index contributed by atoms with van der Waals surface area (Å²) in [5, 5.41) is 10.2. The van der Waals surface area contributed by atoms with Crippen LogP contribution in [0.5, 0.6) is 0 Å². The van der Waals surface area contributed by atoms with E-state index < -0.39 is 0 Å². The van der Waals surface area contributed by atoms with Gasteiger partial charge in [0.05, 0.1) is 16.7 Å². The van der Waals surface area contributed by atoms with E-state index in [0.717, 1.165) is 36.4 Å². The number of thioether (sulfide) groups is 1. The first kappa shape index (κ1) is 17.7. The second-order valence-corrected chi connectivity index (χ2v) is 7.86. The van der Waals surface area contributed by atoms with Gasteiger partial charge in [0.2, 0.25) is 0 Å². The minimum Gasteiger partial charge on any atom is -0.274 e. The van der Waals surface area contributed by atoms with Crippen molar-refractivity contribution in [1.82, 2.24) is 9.88 Å². The Bertz CT molecular complexity index is 929. The van der Waals surface area contributed by atoms with Gasteiger partial charge in [-0.2, -0.15) is 5.26 Å². The summed E-state index contributed by atoms with van der Waals surface area (Å²) in [6.45, 7) is 0.381. The average molecular weight is 377 g/mol.